The van der Waals surface area contributed by atoms with Gasteiger partial charge in [0.15, 0.2) is 0 Å². The van der Waals surface area contributed by atoms with E-state index in [-0.39, 0.29) is 11.9 Å². The first-order chi connectivity index (χ1) is 12.2. The summed E-state index contributed by atoms with van der Waals surface area (Å²) < 4.78 is 20.7. The van der Waals surface area contributed by atoms with Gasteiger partial charge < -0.3 is 14.3 Å². The van der Waals surface area contributed by atoms with Gasteiger partial charge in [-0.05, 0) is 24.3 Å². The number of imidazole rings is 1. The fourth-order valence-corrected chi connectivity index (χ4v) is 3.20. The van der Waals surface area contributed by atoms with E-state index in [0.717, 1.165) is 36.7 Å². The van der Waals surface area contributed by atoms with Crippen molar-refractivity contribution in [3.05, 3.63) is 60.3 Å². The van der Waals surface area contributed by atoms with Crippen LogP contribution in [0.5, 0.6) is 0 Å². The lowest BCUT2D eigenvalue weighted by Gasteiger charge is -2.35. The average molecular weight is 341 g/mol. The number of aromatic nitrogens is 3. The van der Waals surface area contributed by atoms with Crippen LogP contribution in [-0.2, 0) is 13.6 Å². The number of benzene rings is 1. The van der Waals surface area contributed by atoms with E-state index in [1.807, 2.05) is 19.4 Å². The molecule has 2 aromatic heterocycles. The summed E-state index contributed by atoms with van der Waals surface area (Å²) in [6.07, 6.45) is 5.46. The van der Waals surface area contributed by atoms with Crippen LogP contribution in [0, 0.1) is 5.82 Å². The van der Waals surface area contributed by atoms with E-state index in [9.17, 15) is 4.39 Å². The van der Waals surface area contributed by atoms with Crippen LogP contribution in [0.3, 0.4) is 0 Å². The molecule has 1 unspecified atom stereocenters. The second kappa shape index (κ2) is 6.78. The fourth-order valence-electron chi connectivity index (χ4n) is 3.20. The monoisotopic (exact) mass is 341 g/mol. The van der Waals surface area contributed by atoms with Gasteiger partial charge in [-0.15, -0.1) is 0 Å². The Bertz CT molecular complexity index is 841. The minimum atomic E-state index is -0.269. The van der Waals surface area contributed by atoms with E-state index in [0.29, 0.717) is 12.4 Å². The van der Waals surface area contributed by atoms with Crippen LogP contribution in [0.2, 0.25) is 0 Å². The van der Waals surface area contributed by atoms with E-state index in [4.69, 9.17) is 4.42 Å². The van der Waals surface area contributed by atoms with Gasteiger partial charge >= 0.3 is 0 Å². The first kappa shape index (κ1) is 16.0. The molecule has 1 aromatic carbocycles. The van der Waals surface area contributed by atoms with Crippen molar-refractivity contribution in [3.63, 3.8) is 0 Å². The molecule has 6 nitrogen and oxygen atoms in total. The number of nitrogens with zero attached hydrogens (tertiary/aromatic N) is 4. The molecule has 7 heteroatoms. The molecule has 4 rings (SSSR count). The van der Waals surface area contributed by atoms with E-state index >= 15 is 0 Å². The van der Waals surface area contributed by atoms with Crippen LogP contribution < -0.4 is 5.32 Å². The SMILES string of the molecule is Cn1ccnc1C1CNCCN1Cc1coc(-c2ccc(F)cc2)n1. The van der Waals surface area contributed by atoms with Gasteiger partial charge in [-0.3, -0.25) is 4.90 Å². The number of hydrogen-bond donors (Lipinski definition) is 1. The Hall–Kier alpha value is -2.51. The second-order valence-electron chi connectivity index (χ2n) is 6.24. The molecule has 0 amide bonds. The Morgan fingerprint density at radius 3 is 2.92 bits per heavy atom. The number of nitrogens with one attached hydrogen (secondary N) is 1. The molecule has 0 spiro atoms. The van der Waals surface area contributed by atoms with Crippen molar-refractivity contribution in [2.75, 3.05) is 19.6 Å². The number of halogens is 1. The fraction of sp³-hybridized carbons (Fsp3) is 0.333. The third kappa shape index (κ3) is 3.33. The van der Waals surface area contributed by atoms with Gasteiger partial charge in [0.1, 0.15) is 17.9 Å². The van der Waals surface area contributed by atoms with Gasteiger partial charge in [0, 0.05) is 51.2 Å². The number of piperazine rings is 1. The van der Waals surface area contributed by atoms with Crippen LogP contribution in [0.15, 0.2) is 47.3 Å². The lowest BCUT2D eigenvalue weighted by atomic mass is 10.1. The smallest absolute Gasteiger partial charge is 0.226 e. The topological polar surface area (TPSA) is 59.1 Å². The maximum atomic E-state index is 13.1. The number of oxazole rings is 1. The Morgan fingerprint density at radius 2 is 2.16 bits per heavy atom. The summed E-state index contributed by atoms with van der Waals surface area (Å²) in [6, 6.07) is 6.36. The highest BCUT2D eigenvalue weighted by molar-refractivity contribution is 5.52. The highest BCUT2D eigenvalue weighted by Crippen LogP contribution is 2.24. The summed E-state index contributed by atoms with van der Waals surface area (Å²) in [7, 11) is 2.01. The van der Waals surface area contributed by atoms with Gasteiger partial charge in [0.25, 0.3) is 0 Å². The van der Waals surface area contributed by atoms with E-state index in [1.54, 1.807) is 18.4 Å². The molecule has 0 bridgehead atoms. The maximum Gasteiger partial charge on any atom is 0.226 e. The minimum Gasteiger partial charge on any atom is -0.444 e. The molecule has 1 atom stereocenters. The standard InChI is InChI=1S/C18H20FN5O/c1-23-8-7-21-17(23)16-10-20-6-9-24(16)11-15-12-25-18(22-15)13-2-4-14(19)5-3-13/h2-5,7-8,12,16,20H,6,9-11H2,1H3. The molecule has 1 aliphatic heterocycles. The Morgan fingerprint density at radius 1 is 1.32 bits per heavy atom. The largest absolute Gasteiger partial charge is 0.444 e. The molecule has 1 N–H and O–H groups in total. The first-order valence-corrected chi connectivity index (χ1v) is 8.33. The van der Waals surface area contributed by atoms with Crippen molar-refractivity contribution in [2.24, 2.45) is 7.05 Å². The van der Waals surface area contributed by atoms with Gasteiger partial charge in [-0.25, -0.2) is 14.4 Å². The average Bonchev–Trinajstić information content (AvgIpc) is 3.25. The van der Waals surface area contributed by atoms with Crippen molar-refractivity contribution >= 4 is 0 Å². The maximum absolute atomic E-state index is 13.1. The molecule has 1 saturated heterocycles. The molecular weight excluding hydrogens is 321 g/mol. The van der Waals surface area contributed by atoms with Crippen molar-refractivity contribution in [1.29, 1.82) is 0 Å². The van der Waals surface area contributed by atoms with Gasteiger partial charge in [0.05, 0.1) is 11.7 Å². The van der Waals surface area contributed by atoms with Crippen molar-refractivity contribution in [1.82, 2.24) is 24.8 Å². The zero-order valence-electron chi connectivity index (χ0n) is 14.0. The Labute approximate surface area is 145 Å². The molecule has 3 heterocycles. The number of hydrogen-bond acceptors (Lipinski definition) is 5. The molecule has 25 heavy (non-hydrogen) atoms. The molecule has 0 aliphatic carbocycles. The number of rotatable bonds is 4. The van der Waals surface area contributed by atoms with Crippen LogP contribution in [0.25, 0.3) is 11.5 Å². The van der Waals surface area contributed by atoms with Gasteiger partial charge in [-0.2, -0.15) is 0 Å². The van der Waals surface area contributed by atoms with Gasteiger partial charge in [0.2, 0.25) is 5.89 Å². The lowest BCUT2D eigenvalue weighted by molar-refractivity contribution is 0.143. The minimum absolute atomic E-state index is 0.194. The van der Waals surface area contributed by atoms with Crippen molar-refractivity contribution < 1.29 is 8.81 Å². The quantitative estimate of drug-likeness (QED) is 0.789. The highest BCUT2D eigenvalue weighted by atomic mass is 19.1. The summed E-state index contributed by atoms with van der Waals surface area (Å²) in [4.78, 5) is 11.4. The molecule has 1 fully saturated rings. The van der Waals surface area contributed by atoms with E-state index in [1.165, 1.54) is 12.1 Å². The summed E-state index contributed by atoms with van der Waals surface area (Å²) in [5.41, 5.74) is 1.63. The predicted molar refractivity (Wildman–Crippen MR) is 91.1 cm³/mol. The molecule has 0 radical (unpaired) electrons. The van der Waals surface area contributed by atoms with E-state index in [2.05, 4.69) is 24.8 Å². The first-order valence-electron chi connectivity index (χ1n) is 8.33. The normalized spacial score (nSPS) is 18.6. The van der Waals surface area contributed by atoms with E-state index < -0.39 is 0 Å². The van der Waals surface area contributed by atoms with Crippen LogP contribution in [0.4, 0.5) is 4.39 Å². The summed E-state index contributed by atoms with van der Waals surface area (Å²) in [6.45, 7) is 3.39. The van der Waals surface area contributed by atoms with Crippen molar-refractivity contribution in [2.45, 2.75) is 12.6 Å². The number of aryl methyl sites for hydroxylation is 1. The molecule has 3 aromatic rings. The lowest BCUT2D eigenvalue weighted by Crippen LogP contribution is -2.46. The third-order valence-corrected chi connectivity index (χ3v) is 4.52. The Balaban J connectivity index is 1.52. The predicted octanol–water partition coefficient (Wildman–Crippen LogP) is 2.36. The summed E-state index contributed by atoms with van der Waals surface area (Å²) in [5.74, 6) is 1.28. The zero-order chi connectivity index (χ0) is 17.2. The van der Waals surface area contributed by atoms with Crippen LogP contribution in [0.1, 0.15) is 17.6 Å². The molecular formula is C18H20FN5O. The van der Waals surface area contributed by atoms with Crippen molar-refractivity contribution in [3.8, 4) is 11.5 Å². The zero-order valence-corrected chi connectivity index (χ0v) is 14.0. The van der Waals surface area contributed by atoms with Crippen LogP contribution in [-0.4, -0.2) is 39.1 Å². The van der Waals surface area contributed by atoms with Gasteiger partial charge in [-0.1, -0.05) is 0 Å². The summed E-state index contributed by atoms with van der Waals surface area (Å²) in [5, 5.41) is 3.43. The second-order valence-corrected chi connectivity index (χ2v) is 6.24. The molecule has 1 aliphatic rings. The molecule has 130 valence electrons. The summed E-state index contributed by atoms with van der Waals surface area (Å²) >= 11 is 0. The van der Waals surface area contributed by atoms with Crippen LogP contribution >= 0.6 is 0 Å². The highest BCUT2D eigenvalue weighted by Gasteiger charge is 2.27. The Kier molecular flexibility index (Phi) is 4.33. The molecule has 0 saturated carbocycles. The third-order valence-electron chi connectivity index (χ3n) is 4.52.